The van der Waals surface area contributed by atoms with Gasteiger partial charge in [0.15, 0.2) is 11.5 Å². The lowest BCUT2D eigenvalue weighted by Crippen LogP contribution is -2.31. The van der Waals surface area contributed by atoms with Gasteiger partial charge in [0.1, 0.15) is 5.75 Å². The van der Waals surface area contributed by atoms with Crippen molar-refractivity contribution >= 4 is 11.6 Å². The van der Waals surface area contributed by atoms with E-state index in [2.05, 4.69) is 15.2 Å². The Labute approximate surface area is 188 Å². The summed E-state index contributed by atoms with van der Waals surface area (Å²) in [7, 11) is 6.52. The topological polar surface area (TPSA) is 78.0 Å². The molecule has 32 heavy (non-hydrogen) atoms. The van der Waals surface area contributed by atoms with Crippen molar-refractivity contribution in [2.24, 2.45) is 0 Å². The third kappa shape index (κ3) is 4.55. The first-order valence-electron chi connectivity index (χ1n) is 10.4. The van der Waals surface area contributed by atoms with Crippen LogP contribution < -0.4 is 24.3 Å². The Balaban J connectivity index is 1.48. The summed E-state index contributed by atoms with van der Waals surface area (Å²) >= 11 is 0. The second-order valence-electron chi connectivity index (χ2n) is 7.49. The standard InChI is InChI=1S/C24H28N4O4/c1-29-20-8-6-5-7-19(20)27-24-25-13-17-15-28(10-9-18(17)26-24)14-16-11-21(30-2)23(32-4)22(12-16)31-3/h5-8,11-13H,9-10,14-15H2,1-4H3,(H,25,26,27). The largest absolute Gasteiger partial charge is 0.495 e. The van der Waals surface area contributed by atoms with Crippen LogP contribution in [-0.2, 0) is 19.5 Å². The van der Waals surface area contributed by atoms with E-state index in [1.807, 2.05) is 42.6 Å². The van der Waals surface area contributed by atoms with Crippen molar-refractivity contribution in [1.29, 1.82) is 0 Å². The van der Waals surface area contributed by atoms with E-state index in [-0.39, 0.29) is 0 Å². The van der Waals surface area contributed by atoms with Gasteiger partial charge in [-0.05, 0) is 29.8 Å². The van der Waals surface area contributed by atoms with Crippen LogP contribution in [0.25, 0.3) is 0 Å². The third-order valence-electron chi connectivity index (χ3n) is 5.50. The van der Waals surface area contributed by atoms with E-state index in [9.17, 15) is 0 Å². The SMILES string of the molecule is COc1ccccc1Nc1ncc2c(n1)CCN(Cc1cc(OC)c(OC)c(OC)c1)C2. The Morgan fingerprint density at radius 3 is 2.34 bits per heavy atom. The fraction of sp³-hybridized carbons (Fsp3) is 0.333. The number of para-hydroxylation sites is 2. The molecule has 0 amide bonds. The quantitative estimate of drug-likeness (QED) is 0.571. The Morgan fingerprint density at radius 1 is 0.938 bits per heavy atom. The summed E-state index contributed by atoms with van der Waals surface area (Å²) in [5.74, 6) is 3.26. The number of fused-ring (bicyclic) bond motifs is 1. The molecule has 2 aromatic carbocycles. The average Bonchev–Trinajstić information content (AvgIpc) is 2.83. The molecule has 8 heteroatoms. The molecule has 0 spiro atoms. The van der Waals surface area contributed by atoms with E-state index in [1.54, 1.807) is 28.4 Å². The first-order chi connectivity index (χ1) is 15.6. The predicted molar refractivity (Wildman–Crippen MR) is 122 cm³/mol. The van der Waals surface area contributed by atoms with Gasteiger partial charge in [-0.15, -0.1) is 0 Å². The first-order valence-corrected chi connectivity index (χ1v) is 10.4. The molecule has 0 bridgehead atoms. The van der Waals surface area contributed by atoms with Gasteiger partial charge in [-0.3, -0.25) is 4.90 Å². The second-order valence-corrected chi connectivity index (χ2v) is 7.49. The average molecular weight is 437 g/mol. The highest BCUT2D eigenvalue weighted by atomic mass is 16.5. The van der Waals surface area contributed by atoms with Gasteiger partial charge < -0.3 is 24.3 Å². The van der Waals surface area contributed by atoms with Crippen molar-refractivity contribution < 1.29 is 18.9 Å². The molecule has 4 rings (SSSR count). The lowest BCUT2D eigenvalue weighted by molar-refractivity contribution is 0.241. The van der Waals surface area contributed by atoms with E-state index < -0.39 is 0 Å². The van der Waals surface area contributed by atoms with Crippen molar-refractivity contribution in [2.75, 3.05) is 40.3 Å². The van der Waals surface area contributed by atoms with Crippen molar-refractivity contribution in [3.8, 4) is 23.0 Å². The summed E-state index contributed by atoms with van der Waals surface area (Å²) in [5, 5.41) is 3.26. The highest BCUT2D eigenvalue weighted by molar-refractivity contribution is 5.62. The maximum Gasteiger partial charge on any atom is 0.227 e. The van der Waals surface area contributed by atoms with Gasteiger partial charge in [0.05, 0.1) is 39.8 Å². The fourth-order valence-electron chi connectivity index (χ4n) is 3.92. The van der Waals surface area contributed by atoms with E-state index in [0.29, 0.717) is 23.2 Å². The minimum absolute atomic E-state index is 0.575. The summed E-state index contributed by atoms with van der Waals surface area (Å²) in [5.41, 5.74) is 4.14. The summed E-state index contributed by atoms with van der Waals surface area (Å²) in [6.45, 7) is 2.44. The molecule has 2 heterocycles. The summed E-state index contributed by atoms with van der Waals surface area (Å²) < 4.78 is 21.8. The smallest absolute Gasteiger partial charge is 0.227 e. The van der Waals surface area contributed by atoms with Crippen molar-refractivity contribution in [2.45, 2.75) is 19.5 Å². The molecule has 0 aliphatic carbocycles. The lowest BCUT2D eigenvalue weighted by atomic mass is 10.1. The zero-order chi connectivity index (χ0) is 22.5. The molecule has 0 atom stereocenters. The van der Waals surface area contributed by atoms with Gasteiger partial charge in [-0.2, -0.15) is 0 Å². The number of nitrogens with zero attached hydrogens (tertiary/aromatic N) is 3. The molecule has 1 aliphatic rings. The van der Waals surface area contributed by atoms with E-state index in [1.165, 1.54) is 0 Å². The molecule has 0 saturated heterocycles. The van der Waals surface area contributed by atoms with Crippen molar-refractivity contribution in [3.05, 3.63) is 59.4 Å². The van der Waals surface area contributed by atoms with Gasteiger partial charge in [0.2, 0.25) is 11.7 Å². The fourth-order valence-corrected chi connectivity index (χ4v) is 3.92. The number of methoxy groups -OCH3 is 4. The molecule has 1 N–H and O–H groups in total. The van der Waals surface area contributed by atoms with Crippen LogP contribution in [0.4, 0.5) is 11.6 Å². The molecule has 0 fully saturated rings. The van der Waals surface area contributed by atoms with Crippen LogP contribution in [0.5, 0.6) is 23.0 Å². The van der Waals surface area contributed by atoms with Crippen LogP contribution in [0.3, 0.4) is 0 Å². The lowest BCUT2D eigenvalue weighted by Gasteiger charge is -2.28. The molecule has 8 nitrogen and oxygen atoms in total. The van der Waals surface area contributed by atoms with Crippen LogP contribution in [0.15, 0.2) is 42.6 Å². The normalized spacial score (nSPS) is 13.2. The summed E-state index contributed by atoms with van der Waals surface area (Å²) in [4.78, 5) is 11.6. The van der Waals surface area contributed by atoms with Gasteiger partial charge >= 0.3 is 0 Å². The molecule has 1 aromatic heterocycles. The summed E-state index contributed by atoms with van der Waals surface area (Å²) in [6, 6.07) is 11.7. The number of aromatic nitrogens is 2. The van der Waals surface area contributed by atoms with E-state index in [4.69, 9.17) is 23.9 Å². The maximum atomic E-state index is 5.48. The van der Waals surface area contributed by atoms with Crippen LogP contribution in [0.1, 0.15) is 16.8 Å². The highest BCUT2D eigenvalue weighted by Gasteiger charge is 2.21. The zero-order valence-electron chi connectivity index (χ0n) is 18.8. The molecule has 0 saturated carbocycles. The van der Waals surface area contributed by atoms with Crippen LogP contribution >= 0.6 is 0 Å². The maximum absolute atomic E-state index is 5.48. The first kappa shape index (κ1) is 21.7. The van der Waals surface area contributed by atoms with Gasteiger partial charge in [-0.25, -0.2) is 9.97 Å². The van der Waals surface area contributed by atoms with Gasteiger partial charge in [-0.1, -0.05) is 12.1 Å². The van der Waals surface area contributed by atoms with Gasteiger partial charge in [0, 0.05) is 37.8 Å². The molecule has 3 aromatic rings. The minimum Gasteiger partial charge on any atom is -0.495 e. The Bertz CT molecular complexity index is 1060. The van der Waals surface area contributed by atoms with E-state index >= 15 is 0 Å². The van der Waals surface area contributed by atoms with Gasteiger partial charge in [0.25, 0.3) is 0 Å². The number of ether oxygens (including phenoxy) is 4. The van der Waals surface area contributed by atoms with Crippen molar-refractivity contribution in [3.63, 3.8) is 0 Å². The molecule has 0 radical (unpaired) electrons. The van der Waals surface area contributed by atoms with Crippen molar-refractivity contribution in [1.82, 2.24) is 14.9 Å². The summed E-state index contributed by atoms with van der Waals surface area (Å²) in [6.07, 6.45) is 2.75. The third-order valence-corrected chi connectivity index (χ3v) is 5.50. The van der Waals surface area contributed by atoms with Crippen LogP contribution in [0, 0.1) is 0 Å². The minimum atomic E-state index is 0.575. The number of hydrogen-bond acceptors (Lipinski definition) is 8. The Morgan fingerprint density at radius 2 is 1.66 bits per heavy atom. The molecule has 1 aliphatic heterocycles. The second kappa shape index (κ2) is 9.74. The van der Waals surface area contributed by atoms with Crippen LogP contribution in [0.2, 0.25) is 0 Å². The number of hydrogen-bond donors (Lipinski definition) is 1. The molecule has 168 valence electrons. The number of nitrogens with one attached hydrogen (secondary N) is 1. The van der Waals surface area contributed by atoms with Crippen LogP contribution in [-0.4, -0.2) is 49.9 Å². The monoisotopic (exact) mass is 436 g/mol. The number of anilines is 2. The Kier molecular flexibility index (Phi) is 6.61. The number of benzene rings is 2. The Hall–Kier alpha value is -3.52. The molecular formula is C24H28N4O4. The molecule has 0 unspecified atom stereocenters. The highest BCUT2D eigenvalue weighted by Crippen LogP contribution is 2.38. The number of rotatable bonds is 8. The van der Waals surface area contributed by atoms with E-state index in [0.717, 1.165) is 54.3 Å². The molecular weight excluding hydrogens is 408 g/mol. The zero-order valence-corrected chi connectivity index (χ0v) is 18.8. The predicted octanol–water partition coefficient (Wildman–Crippen LogP) is 3.81.